The number of carbonyl (C=O) groups is 3. The Hall–Kier alpha value is -3.79. The molecule has 4 rings (SSSR count). The van der Waals surface area contributed by atoms with Gasteiger partial charge >= 0.3 is 6.03 Å². The molecule has 2 atom stereocenters. The lowest BCUT2D eigenvalue weighted by Crippen LogP contribution is -2.76. The van der Waals surface area contributed by atoms with Crippen LogP contribution in [0.3, 0.4) is 0 Å². The normalized spacial score (nSPS) is 19.8. The van der Waals surface area contributed by atoms with Crippen LogP contribution in [0.2, 0.25) is 0 Å². The number of amides is 4. The lowest BCUT2D eigenvalue weighted by molar-refractivity contribution is -0.187. The van der Waals surface area contributed by atoms with Crippen LogP contribution in [0.5, 0.6) is 11.5 Å². The number of carbonyl (C=O) groups excluding carboxylic acids is 3. The third-order valence-corrected chi connectivity index (χ3v) is 7.14. The summed E-state index contributed by atoms with van der Waals surface area (Å²) in [5.41, 5.74) is 2.01. The smallest absolute Gasteiger partial charge is 0.334 e. The fourth-order valence-electron chi connectivity index (χ4n) is 5.12. The molecule has 2 aliphatic rings. The Morgan fingerprint density at radius 2 is 1.58 bits per heavy atom. The van der Waals surface area contributed by atoms with Gasteiger partial charge in [0.15, 0.2) is 0 Å². The molecule has 2 heterocycles. The summed E-state index contributed by atoms with van der Waals surface area (Å²) >= 11 is 0. The van der Waals surface area contributed by atoms with E-state index in [4.69, 9.17) is 9.47 Å². The number of nitrogens with zero attached hydrogens (tertiary/aromatic N) is 4. The number of nitrogens with one attached hydrogen (secondary N) is 1. The first kappa shape index (κ1) is 27.3. The number of hydrogen-bond acceptors (Lipinski definition) is 6. The summed E-state index contributed by atoms with van der Waals surface area (Å²) in [7, 11) is 4.97. The zero-order valence-electron chi connectivity index (χ0n) is 22.6. The summed E-state index contributed by atoms with van der Waals surface area (Å²) in [5.74, 6) is 1.32. The van der Waals surface area contributed by atoms with E-state index < -0.39 is 12.2 Å². The van der Waals surface area contributed by atoms with Crippen LogP contribution in [0.25, 0.3) is 0 Å². The molecule has 0 radical (unpaired) electrons. The van der Waals surface area contributed by atoms with Gasteiger partial charge in [0.05, 0.1) is 27.3 Å². The van der Waals surface area contributed by atoms with Crippen molar-refractivity contribution in [2.45, 2.75) is 44.9 Å². The molecule has 204 valence electrons. The molecule has 2 saturated heterocycles. The highest BCUT2D eigenvalue weighted by Gasteiger charge is 2.50. The minimum absolute atomic E-state index is 0.0335. The van der Waals surface area contributed by atoms with Gasteiger partial charge in [0.25, 0.3) is 0 Å². The van der Waals surface area contributed by atoms with Gasteiger partial charge in [-0.3, -0.25) is 9.59 Å². The molecule has 4 amide bonds. The lowest BCUT2D eigenvalue weighted by atomic mass is 10.0. The maximum absolute atomic E-state index is 13.5. The van der Waals surface area contributed by atoms with Gasteiger partial charge in [0.1, 0.15) is 23.7 Å². The molecule has 0 bridgehead atoms. The maximum Gasteiger partial charge on any atom is 0.334 e. The Kier molecular flexibility index (Phi) is 8.73. The van der Waals surface area contributed by atoms with Gasteiger partial charge in [0.2, 0.25) is 11.8 Å². The van der Waals surface area contributed by atoms with Crippen molar-refractivity contribution in [1.82, 2.24) is 25.1 Å². The second-order valence-electron chi connectivity index (χ2n) is 9.64. The second-order valence-corrected chi connectivity index (χ2v) is 9.64. The molecule has 0 aliphatic carbocycles. The van der Waals surface area contributed by atoms with Crippen LogP contribution in [0.4, 0.5) is 4.79 Å². The number of piperazine rings is 1. The number of urea groups is 1. The molecule has 10 nitrogen and oxygen atoms in total. The highest BCUT2D eigenvalue weighted by Crippen LogP contribution is 2.28. The van der Waals surface area contributed by atoms with Gasteiger partial charge in [-0.1, -0.05) is 37.6 Å². The van der Waals surface area contributed by atoms with Crippen molar-refractivity contribution in [3.05, 3.63) is 59.7 Å². The first-order chi connectivity index (χ1) is 18.4. The molecule has 10 heteroatoms. The number of hydrazine groups is 1. The molecule has 2 aromatic rings. The standard InChI is InChI=1S/C28H37N5O5/c1-5-6-24-27(35)31(16-15-20-7-11-22(37-3)12-8-20)18-25-32(24)26(34)19-30(2)33(25)28(36)29-17-21-9-13-23(38-4)14-10-21/h7-14,24-25H,5-6,15-19H2,1-4H3,(H,29,36)/t24-,25-/m0/s1. The van der Waals surface area contributed by atoms with Crippen molar-refractivity contribution >= 4 is 17.8 Å². The average Bonchev–Trinajstić information content (AvgIpc) is 2.93. The van der Waals surface area contributed by atoms with Crippen LogP contribution in [-0.2, 0) is 22.6 Å². The SMILES string of the molecule is CCC[C@H]1C(=O)N(CCc2ccc(OC)cc2)C[C@H]2N1C(=O)CN(C)N2C(=O)NCc1ccc(OC)cc1. The van der Waals surface area contributed by atoms with E-state index in [1.807, 2.05) is 55.5 Å². The van der Waals surface area contributed by atoms with E-state index in [2.05, 4.69) is 5.32 Å². The number of benzene rings is 2. The van der Waals surface area contributed by atoms with E-state index >= 15 is 0 Å². The predicted octanol–water partition coefficient (Wildman–Crippen LogP) is 2.48. The predicted molar refractivity (Wildman–Crippen MR) is 142 cm³/mol. The van der Waals surface area contributed by atoms with Crippen LogP contribution < -0.4 is 14.8 Å². The Balaban J connectivity index is 1.51. The maximum atomic E-state index is 13.5. The molecule has 0 saturated carbocycles. The molecule has 0 unspecified atom stereocenters. The quantitative estimate of drug-likeness (QED) is 0.543. The lowest BCUT2D eigenvalue weighted by Gasteiger charge is -2.54. The van der Waals surface area contributed by atoms with Crippen molar-refractivity contribution in [2.75, 3.05) is 40.9 Å². The van der Waals surface area contributed by atoms with Crippen molar-refractivity contribution in [3.8, 4) is 11.5 Å². The van der Waals surface area contributed by atoms with Crippen LogP contribution in [-0.4, -0.2) is 90.8 Å². The molecular formula is C28H37N5O5. The van der Waals surface area contributed by atoms with Gasteiger partial charge in [-0.05, 0) is 48.2 Å². The molecule has 2 fully saturated rings. The van der Waals surface area contributed by atoms with E-state index in [0.29, 0.717) is 25.9 Å². The third-order valence-electron chi connectivity index (χ3n) is 7.14. The highest BCUT2D eigenvalue weighted by atomic mass is 16.5. The van der Waals surface area contributed by atoms with Gasteiger partial charge in [-0.15, -0.1) is 0 Å². The Morgan fingerprint density at radius 3 is 2.16 bits per heavy atom. The average molecular weight is 524 g/mol. The first-order valence-electron chi connectivity index (χ1n) is 13.0. The molecule has 0 spiro atoms. The second kappa shape index (κ2) is 12.2. The third kappa shape index (κ3) is 5.85. The minimum Gasteiger partial charge on any atom is -0.497 e. The van der Waals surface area contributed by atoms with Crippen molar-refractivity contribution < 1.29 is 23.9 Å². The number of methoxy groups -OCH3 is 2. The van der Waals surface area contributed by atoms with Crippen molar-refractivity contribution in [2.24, 2.45) is 0 Å². The summed E-state index contributed by atoms with van der Waals surface area (Å²) in [5, 5.41) is 6.21. The first-order valence-corrected chi connectivity index (χ1v) is 13.0. The van der Waals surface area contributed by atoms with Crippen LogP contribution in [0, 0.1) is 0 Å². The van der Waals surface area contributed by atoms with Crippen LogP contribution in [0.15, 0.2) is 48.5 Å². The van der Waals surface area contributed by atoms with Crippen molar-refractivity contribution in [1.29, 1.82) is 0 Å². The zero-order valence-corrected chi connectivity index (χ0v) is 22.6. The fourth-order valence-corrected chi connectivity index (χ4v) is 5.12. The van der Waals surface area contributed by atoms with E-state index in [-0.39, 0.29) is 30.9 Å². The van der Waals surface area contributed by atoms with Crippen LogP contribution >= 0.6 is 0 Å². The fraction of sp³-hybridized carbons (Fsp3) is 0.464. The Labute approximate surface area is 224 Å². The highest BCUT2D eigenvalue weighted by molar-refractivity contribution is 5.91. The Bertz CT molecular complexity index is 1120. The number of fused-ring (bicyclic) bond motifs is 1. The number of ether oxygens (including phenoxy) is 2. The monoisotopic (exact) mass is 523 g/mol. The topological polar surface area (TPSA) is 94.7 Å². The van der Waals surface area contributed by atoms with Gasteiger partial charge in [-0.2, -0.15) is 0 Å². The molecular weight excluding hydrogens is 486 g/mol. The summed E-state index contributed by atoms with van der Waals surface area (Å²) < 4.78 is 10.4. The van der Waals surface area contributed by atoms with Gasteiger partial charge < -0.3 is 24.6 Å². The summed E-state index contributed by atoms with van der Waals surface area (Å²) in [6.07, 6.45) is 1.38. The molecule has 38 heavy (non-hydrogen) atoms. The number of rotatable bonds is 9. The van der Waals surface area contributed by atoms with E-state index in [1.54, 1.807) is 41.1 Å². The van der Waals surface area contributed by atoms with E-state index in [0.717, 1.165) is 29.0 Å². The summed E-state index contributed by atoms with van der Waals surface area (Å²) in [6.45, 7) is 3.10. The van der Waals surface area contributed by atoms with Gasteiger partial charge in [-0.25, -0.2) is 14.8 Å². The molecule has 1 N–H and O–H groups in total. The summed E-state index contributed by atoms with van der Waals surface area (Å²) in [6, 6.07) is 14.4. The minimum atomic E-state index is -0.590. The van der Waals surface area contributed by atoms with E-state index in [1.165, 1.54) is 0 Å². The van der Waals surface area contributed by atoms with E-state index in [9.17, 15) is 14.4 Å². The van der Waals surface area contributed by atoms with Crippen molar-refractivity contribution in [3.63, 3.8) is 0 Å². The number of hydrogen-bond donors (Lipinski definition) is 1. The summed E-state index contributed by atoms with van der Waals surface area (Å²) in [4.78, 5) is 43.6. The molecule has 2 aliphatic heterocycles. The molecule has 2 aromatic carbocycles. The van der Waals surface area contributed by atoms with Crippen LogP contribution in [0.1, 0.15) is 30.9 Å². The number of likely N-dealkylation sites (N-methyl/N-ethyl adjacent to an activating group) is 1. The zero-order chi connectivity index (χ0) is 27.2. The Morgan fingerprint density at radius 1 is 0.974 bits per heavy atom. The van der Waals surface area contributed by atoms with Gasteiger partial charge in [0, 0.05) is 20.1 Å². The largest absolute Gasteiger partial charge is 0.497 e. The molecule has 0 aromatic heterocycles.